The second-order valence-corrected chi connectivity index (χ2v) is 11.1. The Morgan fingerprint density at radius 3 is 2.56 bits per heavy atom. The van der Waals surface area contributed by atoms with E-state index in [0.29, 0.717) is 37.7 Å². The molecule has 1 saturated carbocycles. The Bertz CT molecular complexity index is 900. The van der Waals surface area contributed by atoms with Gasteiger partial charge in [-0.2, -0.15) is 0 Å². The van der Waals surface area contributed by atoms with Crippen LogP contribution in [-0.4, -0.2) is 48.2 Å². The molecule has 1 aliphatic heterocycles. The summed E-state index contributed by atoms with van der Waals surface area (Å²) >= 11 is 0. The third-order valence-corrected chi connectivity index (χ3v) is 8.01. The summed E-state index contributed by atoms with van der Waals surface area (Å²) in [4.78, 5) is 11.7. The minimum atomic E-state index is -1.03. The van der Waals surface area contributed by atoms with Crippen LogP contribution in [0, 0.1) is 11.3 Å². The van der Waals surface area contributed by atoms with Crippen LogP contribution < -0.4 is 0 Å². The molecule has 1 spiro atoms. The number of hydrogen-bond acceptors (Lipinski definition) is 5. The van der Waals surface area contributed by atoms with E-state index < -0.39 is 17.3 Å². The Hall–Kier alpha value is -1.79. The highest BCUT2D eigenvalue weighted by molar-refractivity contribution is 5.74. The predicted molar refractivity (Wildman–Crippen MR) is 146 cm³/mol. The minimum absolute atomic E-state index is 0.0646. The lowest BCUT2D eigenvalue weighted by molar-refractivity contribution is -0.231. The van der Waals surface area contributed by atoms with Gasteiger partial charge in [-0.05, 0) is 98.0 Å². The molecule has 2 rings (SSSR count). The second kappa shape index (κ2) is 13.7. The number of aliphatic hydroxyl groups excluding tert-OH is 1. The molecule has 5 unspecified atom stereocenters. The molecule has 5 atom stereocenters. The summed E-state index contributed by atoms with van der Waals surface area (Å²) in [5, 5.41) is 21.3. The van der Waals surface area contributed by atoms with Crippen LogP contribution in [0.5, 0.6) is 0 Å². The third-order valence-electron chi connectivity index (χ3n) is 8.01. The van der Waals surface area contributed by atoms with Gasteiger partial charge in [0.25, 0.3) is 0 Å². The number of carbonyl (C=O) groups is 1. The van der Waals surface area contributed by atoms with Gasteiger partial charge in [0.15, 0.2) is 6.29 Å². The minimum Gasteiger partial charge on any atom is -0.396 e. The number of ether oxygens (including phenoxy) is 2. The highest BCUT2D eigenvalue weighted by Crippen LogP contribution is 2.61. The van der Waals surface area contributed by atoms with Gasteiger partial charge in [0, 0.05) is 13.7 Å². The molecule has 0 aromatic heterocycles. The van der Waals surface area contributed by atoms with Gasteiger partial charge in [0.1, 0.15) is 6.29 Å². The van der Waals surface area contributed by atoms with Crippen molar-refractivity contribution in [2.24, 2.45) is 11.3 Å². The van der Waals surface area contributed by atoms with Gasteiger partial charge in [0.2, 0.25) is 0 Å². The molecule has 0 amide bonds. The number of carbonyl (C=O) groups excluding carboxylic acids is 1. The first-order chi connectivity index (χ1) is 17.0. The van der Waals surface area contributed by atoms with Crippen LogP contribution in [0.25, 0.3) is 0 Å². The molecule has 202 valence electrons. The van der Waals surface area contributed by atoms with Gasteiger partial charge in [0.05, 0.1) is 17.1 Å². The zero-order valence-electron chi connectivity index (χ0n) is 23.5. The van der Waals surface area contributed by atoms with E-state index in [2.05, 4.69) is 58.1 Å². The summed E-state index contributed by atoms with van der Waals surface area (Å²) < 4.78 is 12.3. The van der Waals surface area contributed by atoms with Crippen LogP contribution in [0.15, 0.2) is 58.2 Å². The van der Waals surface area contributed by atoms with E-state index in [1.54, 1.807) is 7.11 Å². The van der Waals surface area contributed by atoms with Crippen LogP contribution in [0.2, 0.25) is 0 Å². The van der Waals surface area contributed by atoms with E-state index in [-0.39, 0.29) is 18.6 Å². The van der Waals surface area contributed by atoms with Gasteiger partial charge < -0.3 is 19.7 Å². The molecule has 0 bridgehead atoms. The number of hydrogen-bond donors (Lipinski definition) is 2. The Balaban J connectivity index is 2.32. The molecule has 2 aliphatic rings. The van der Waals surface area contributed by atoms with Crippen LogP contribution in [0.3, 0.4) is 0 Å². The van der Waals surface area contributed by atoms with Crippen molar-refractivity contribution in [3.63, 3.8) is 0 Å². The molecule has 1 saturated heterocycles. The van der Waals surface area contributed by atoms with Crippen molar-refractivity contribution < 1.29 is 24.5 Å². The predicted octanol–water partition coefficient (Wildman–Crippen LogP) is 6.38. The fourth-order valence-electron chi connectivity index (χ4n) is 6.03. The van der Waals surface area contributed by atoms with E-state index in [1.165, 1.54) is 11.1 Å². The van der Waals surface area contributed by atoms with Gasteiger partial charge in [-0.25, -0.2) is 0 Å². The molecule has 0 aromatic carbocycles. The van der Waals surface area contributed by atoms with Gasteiger partial charge in [-0.1, -0.05) is 52.7 Å². The Morgan fingerprint density at radius 2 is 1.94 bits per heavy atom. The monoisotopic (exact) mass is 500 g/mol. The molecule has 36 heavy (non-hydrogen) atoms. The standard InChI is InChI=1S/C31H48O5/c1-22(2)11-8-12-23(3)13-9-14-24(4)19-26-20-31(29(35-7)36-26)28(15-10-18-32)27(25(5)21-33)16-17-30(31,6)34/h9,11,13-14,19,21,26,28-29,32,34H,8,10,12,15-18,20H2,1-7H3. The number of aldehydes is 1. The summed E-state index contributed by atoms with van der Waals surface area (Å²) in [6, 6.07) is 0. The third kappa shape index (κ3) is 7.16. The van der Waals surface area contributed by atoms with E-state index in [1.807, 2.05) is 13.8 Å². The maximum atomic E-state index is 11.7. The highest BCUT2D eigenvalue weighted by atomic mass is 16.7. The number of rotatable bonds is 11. The fourth-order valence-corrected chi connectivity index (χ4v) is 6.03. The molecule has 5 nitrogen and oxygen atoms in total. The molecule has 5 heteroatoms. The molecular formula is C31H48O5. The summed E-state index contributed by atoms with van der Waals surface area (Å²) in [5.74, 6) is -0.107. The normalized spacial score (nSPS) is 32.9. The largest absolute Gasteiger partial charge is 0.396 e. The average molecular weight is 501 g/mol. The summed E-state index contributed by atoms with van der Waals surface area (Å²) in [5.41, 5.74) is 3.81. The summed E-state index contributed by atoms with van der Waals surface area (Å²) in [7, 11) is 1.62. The first-order valence-electron chi connectivity index (χ1n) is 13.3. The molecule has 0 radical (unpaired) electrons. The van der Waals surface area contributed by atoms with Crippen molar-refractivity contribution >= 4 is 6.29 Å². The molecule has 2 fully saturated rings. The second-order valence-electron chi connectivity index (χ2n) is 11.1. The first-order valence-corrected chi connectivity index (χ1v) is 13.3. The topological polar surface area (TPSA) is 76.0 Å². The number of allylic oxidation sites excluding steroid dienone is 9. The molecule has 0 aromatic rings. The zero-order chi connectivity index (χ0) is 26.9. The van der Waals surface area contributed by atoms with Crippen molar-refractivity contribution in [2.45, 2.75) is 104 Å². The molecule has 2 N–H and O–H groups in total. The smallest absolute Gasteiger partial charge is 0.166 e. The van der Waals surface area contributed by atoms with Crippen LogP contribution >= 0.6 is 0 Å². The summed E-state index contributed by atoms with van der Waals surface area (Å²) in [6.07, 6.45) is 15.9. The molecule has 1 heterocycles. The van der Waals surface area contributed by atoms with Gasteiger partial charge in [-0.15, -0.1) is 0 Å². The molecular weight excluding hydrogens is 452 g/mol. The van der Waals surface area contributed by atoms with Crippen molar-refractivity contribution in [3.05, 3.63) is 58.2 Å². The Labute approximate surface area is 218 Å². The SMILES string of the molecule is COC1OC(C=C(C)C=CC=C(C)CCC=C(C)C)CC12C(CCCO)C(=C(C)C=O)CCC2(C)O. The lowest BCUT2D eigenvalue weighted by Gasteiger charge is -2.54. The van der Waals surface area contributed by atoms with E-state index in [4.69, 9.17) is 9.47 Å². The summed E-state index contributed by atoms with van der Waals surface area (Å²) in [6.45, 7) is 12.2. The lowest BCUT2D eigenvalue weighted by atomic mass is 9.53. The van der Waals surface area contributed by atoms with Gasteiger partial charge >= 0.3 is 0 Å². The maximum absolute atomic E-state index is 11.7. The van der Waals surface area contributed by atoms with Crippen molar-refractivity contribution in [1.29, 1.82) is 0 Å². The van der Waals surface area contributed by atoms with Crippen LogP contribution in [-0.2, 0) is 14.3 Å². The average Bonchev–Trinajstić information content (AvgIpc) is 3.18. The van der Waals surface area contributed by atoms with Crippen molar-refractivity contribution in [3.8, 4) is 0 Å². The van der Waals surface area contributed by atoms with Crippen molar-refractivity contribution in [2.75, 3.05) is 13.7 Å². The maximum Gasteiger partial charge on any atom is 0.166 e. The Kier molecular flexibility index (Phi) is 11.6. The zero-order valence-corrected chi connectivity index (χ0v) is 23.5. The lowest BCUT2D eigenvalue weighted by Crippen LogP contribution is -2.59. The van der Waals surface area contributed by atoms with E-state index in [9.17, 15) is 15.0 Å². The quantitative estimate of drug-likeness (QED) is 0.149. The van der Waals surface area contributed by atoms with Crippen molar-refractivity contribution in [1.82, 2.24) is 0 Å². The fraction of sp³-hybridized carbons (Fsp3) is 0.645. The van der Waals surface area contributed by atoms with Gasteiger partial charge in [-0.3, -0.25) is 4.79 Å². The van der Waals surface area contributed by atoms with Crippen LogP contribution in [0.4, 0.5) is 0 Å². The Morgan fingerprint density at radius 1 is 1.22 bits per heavy atom. The first kappa shape index (κ1) is 30.4. The molecule has 1 aliphatic carbocycles. The highest BCUT2D eigenvalue weighted by Gasteiger charge is 2.64. The van der Waals surface area contributed by atoms with E-state index in [0.717, 1.165) is 30.3 Å². The van der Waals surface area contributed by atoms with Crippen LogP contribution in [0.1, 0.15) is 86.5 Å². The number of methoxy groups -OCH3 is 1. The number of aliphatic hydroxyl groups is 2. The van der Waals surface area contributed by atoms with E-state index >= 15 is 0 Å².